The molecule has 0 unspecified atom stereocenters. The van der Waals surface area contributed by atoms with E-state index in [1.165, 1.54) is 22.0 Å². The molecule has 0 atom stereocenters. The Balaban J connectivity index is 2.67. The van der Waals surface area contributed by atoms with Gasteiger partial charge in [0.05, 0.1) is 5.69 Å². The van der Waals surface area contributed by atoms with Gasteiger partial charge in [-0.15, -0.1) is 11.3 Å². The van der Waals surface area contributed by atoms with Crippen molar-refractivity contribution in [3.63, 3.8) is 0 Å². The average molecular weight is 287 g/mol. The van der Waals surface area contributed by atoms with Crippen molar-refractivity contribution in [2.45, 2.75) is 64.5 Å². The average Bonchev–Trinajstić information content (AvgIpc) is 2.70. The van der Waals surface area contributed by atoms with E-state index >= 15 is 0 Å². The lowest BCUT2D eigenvalue weighted by Crippen LogP contribution is -2.14. The van der Waals surface area contributed by atoms with Crippen molar-refractivity contribution in [2.24, 2.45) is 0 Å². The number of hydrogen-bond acceptors (Lipinski definition) is 4. The van der Waals surface area contributed by atoms with Gasteiger partial charge in [0.25, 0.3) is 0 Å². The molecule has 104 valence electrons. The molecule has 1 aromatic heterocycles. The van der Waals surface area contributed by atoms with E-state index in [0.717, 1.165) is 18.8 Å². The van der Waals surface area contributed by atoms with Crippen LogP contribution in [0.5, 0.6) is 0 Å². The maximum absolute atomic E-state index is 4.82. The molecule has 1 aromatic rings. The lowest BCUT2D eigenvalue weighted by Gasteiger charge is -2.05. The molecular weight excluding hydrogens is 260 g/mol. The van der Waals surface area contributed by atoms with Crippen molar-refractivity contribution >= 4 is 23.1 Å². The predicted molar refractivity (Wildman–Crippen MR) is 84.6 cm³/mol. The van der Waals surface area contributed by atoms with Gasteiger partial charge in [0.1, 0.15) is 5.01 Å². The molecule has 0 aliphatic rings. The number of nitrogens with one attached hydrogen (secondary N) is 1. The minimum Gasteiger partial charge on any atom is -0.312 e. The van der Waals surface area contributed by atoms with Gasteiger partial charge in [-0.25, -0.2) is 4.98 Å². The molecule has 0 aliphatic heterocycles. The van der Waals surface area contributed by atoms with E-state index < -0.39 is 0 Å². The van der Waals surface area contributed by atoms with Crippen LogP contribution < -0.4 is 5.32 Å². The lowest BCUT2D eigenvalue weighted by atomic mass is 10.1. The van der Waals surface area contributed by atoms with Gasteiger partial charge in [0.15, 0.2) is 0 Å². The Bertz CT molecular complexity index is 346. The van der Waals surface area contributed by atoms with Gasteiger partial charge in [-0.1, -0.05) is 34.6 Å². The van der Waals surface area contributed by atoms with Crippen molar-refractivity contribution in [1.82, 2.24) is 10.3 Å². The second-order valence-electron chi connectivity index (χ2n) is 5.11. The summed E-state index contributed by atoms with van der Waals surface area (Å²) in [5.74, 6) is 1.58. The zero-order chi connectivity index (χ0) is 13.5. The van der Waals surface area contributed by atoms with E-state index in [0.29, 0.717) is 11.2 Å². The highest BCUT2D eigenvalue weighted by atomic mass is 32.2. The first-order chi connectivity index (χ1) is 8.54. The van der Waals surface area contributed by atoms with Crippen molar-refractivity contribution in [3.8, 4) is 0 Å². The summed E-state index contributed by atoms with van der Waals surface area (Å²) in [6.45, 7) is 13.2. The van der Waals surface area contributed by atoms with Crippen LogP contribution in [0.15, 0.2) is 0 Å². The summed E-state index contributed by atoms with van der Waals surface area (Å²) in [5.41, 5.74) is 1.29. The zero-order valence-electron chi connectivity index (χ0n) is 12.2. The van der Waals surface area contributed by atoms with Crippen molar-refractivity contribution < 1.29 is 0 Å². The van der Waals surface area contributed by atoms with E-state index in [2.05, 4.69) is 39.9 Å². The lowest BCUT2D eigenvalue weighted by molar-refractivity contribution is 0.670. The van der Waals surface area contributed by atoms with Crippen LogP contribution in [-0.2, 0) is 12.3 Å². The first-order valence-electron chi connectivity index (χ1n) is 6.85. The Morgan fingerprint density at radius 3 is 2.56 bits per heavy atom. The summed E-state index contributed by atoms with van der Waals surface area (Å²) in [4.78, 5) is 6.25. The molecule has 0 aliphatic carbocycles. The fourth-order valence-electron chi connectivity index (χ4n) is 1.67. The van der Waals surface area contributed by atoms with Gasteiger partial charge < -0.3 is 5.32 Å². The van der Waals surface area contributed by atoms with Crippen molar-refractivity contribution in [3.05, 3.63) is 15.6 Å². The van der Waals surface area contributed by atoms with Crippen LogP contribution in [-0.4, -0.2) is 16.8 Å². The molecule has 0 radical (unpaired) electrons. The van der Waals surface area contributed by atoms with E-state index in [1.807, 2.05) is 23.1 Å². The summed E-state index contributed by atoms with van der Waals surface area (Å²) < 4.78 is 0. The van der Waals surface area contributed by atoms with Crippen LogP contribution in [0.1, 0.15) is 62.5 Å². The second-order valence-corrected chi connectivity index (χ2v) is 7.84. The van der Waals surface area contributed by atoms with E-state index in [-0.39, 0.29) is 0 Å². The Kier molecular flexibility index (Phi) is 7.27. The summed E-state index contributed by atoms with van der Waals surface area (Å²) in [6, 6.07) is 0. The van der Waals surface area contributed by atoms with E-state index in [4.69, 9.17) is 4.98 Å². The Labute approximate surface area is 120 Å². The highest BCUT2D eigenvalue weighted by Crippen LogP contribution is 2.28. The Morgan fingerprint density at radius 2 is 2.00 bits per heavy atom. The van der Waals surface area contributed by atoms with Crippen LogP contribution >= 0.6 is 23.1 Å². The standard InChI is InChI=1S/C14H26N2S2/c1-6-7-15-8-12-14(10(2)3)16-13(18-12)9-17-11(4)5/h10-11,15H,6-9H2,1-5H3. The minimum atomic E-state index is 0.525. The SMILES string of the molecule is CCCNCc1sc(CSC(C)C)nc1C(C)C. The third-order valence-corrected chi connectivity index (χ3v) is 4.93. The fourth-order valence-corrected chi connectivity index (χ4v) is 3.64. The monoisotopic (exact) mass is 286 g/mol. The van der Waals surface area contributed by atoms with Crippen LogP contribution in [0.3, 0.4) is 0 Å². The summed E-state index contributed by atoms with van der Waals surface area (Å²) in [5, 5.41) is 5.45. The van der Waals surface area contributed by atoms with Gasteiger partial charge in [0.2, 0.25) is 0 Å². The third-order valence-electron chi connectivity index (χ3n) is 2.57. The summed E-state index contributed by atoms with van der Waals surface area (Å²) >= 11 is 3.86. The van der Waals surface area contributed by atoms with Crippen molar-refractivity contribution in [2.75, 3.05) is 6.54 Å². The number of thioether (sulfide) groups is 1. The Morgan fingerprint density at radius 1 is 1.28 bits per heavy atom. The molecule has 0 spiro atoms. The molecule has 0 saturated heterocycles. The molecule has 4 heteroatoms. The van der Waals surface area contributed by atoms with Gasteiger partial charge in [-0.3, -0.25) is 0 Å². The Hall–Kier alpha value is -0.0600. The molecule has 2 nitrogen and oxygen atoms in total. The number of rotatable bonds is 8. The predicted octanol–water partition coefficient (Wildman–Crippen LogP) is 4.41. The highest BCUT2D eigenvalue weighted by molar-refractivity contribution is 7.99. The molecule has 0 saturated carbocycles. The molecule has 1 heterocycles. The molecule has 0 amide bonds. The van der Waals surface area contributed by atoms with Crippen molar-refractivity contribution in [1.29, 1.82) is 0 Å². The number of nitrogens with zero attached hydrogens (tertiary/aromatic N) is 1. The third kappa shape index (κ3) is 5.29. The van der Waals surface area contributed by atoms with Crippen LogP contribution in [0.4, 0.5) is 0 Å². The molecule has 18 heavy (non-hydrogen) atoms. The molecule has 0 fully saturated rings. The maximum Gasteiger partial charge on any atom is 0.103 e. The minimum absolute atomic E-state index is 0.525. The fraction of sp³-hybridized carbons (Fsp3) is 0.786. The first-order valence-corrected chi connectivity index (χ1v) is 8.71. The number of hydrogen-bond donors (Lipinski definition) is 1. The van der Waals surface area contributed by atoms with E-state index in [1.54, 1.807) is 0 Å². The topological polar surface area (TPSA) is 24.9 Å². The maximum atomic E-state index is 4.82. The van der Waals surface area contributed by atoms with Crippen LogP contribution in [0.25, 0.3) is 0 Å². The summed E-state index contributed by atoms with van der Waals surface area (Å²) in [7, 11) is 0. The second kappa shape index (κ2) is 8.18. The first kappa shape index (κ1) is 16.0. The highest BCUT2D eigenvalue weighted by Gasteiger charge is 2.14. The number of aromatic nitrogens is 1. The molecule has 0 bridgehead atoms. The smallest absolute Gasteiger partial charge is 0.103 e. The molecular formula is C14H26N2S2. The van der Waals surface area contributed by atoms with Gasteiger partial charge in [0, 0.05) is 17.2 Å². The van der Waals surface area contributed by atoms with Gasteiger partial charge in [-0.05, 0) is 24.1 Å². The quantitative estimate of drug-likeness (QED) is 0.717. The van der Waals surface area contributed by atoms with Gasteiger partial charge >= 0.3 is 0 Å². The number of thiazole rings is 1. The normalized spacial score (nSPS) is 11.7. The summed E-state index contributed by atoms with van der Waals surface area (Å²) in [6.07, 6.45) is 1.19. The molecule has 1 N–H and O–H groups in total. The molecule has 0 aromatic carbocycles. The van der Waals surface area contributed by atoms with Crippen LogP contribution in [0.2, 0.25) is 0 Å². The van der Waals surface area contributed by atoms with Gasteiger partial charge in [-0.2, -0.15) is 11.8 Å². The van der Waals surface area contributed by atoms with Crippen LogP contribution in [0, 0.1) is 0 Å². The van der Waals surface area contributed by atoms with E-state index in [9.17, 15) is 0 Å². The molecule has 1 rings (SSSR count). The largest absolute Gasteiger partial charge is 0.312 e. The zero-order valence-corrected chi connectivity index (χ0v) is 13.9.